The molecule has 0 spiro atoms. The number of carbonyl (C=O) groups is 2. The van der Waals surface area contributed by atoms with Gasteiger partial charge in [-0.2, -0.15) is 0 Å². The molecule has 0 aromatic heterocycles. The van der Waals surface area contributed by atoms with Crippen molar-refractivity contribution < 1.29 is 19.1 Å². The van der Waals surface area contributed by atoms with Crippen molar-refractivity contribution in [1.29, 1.82) is 0 Å². The van der Waals surface area contributed by atoms with E-state index in [1.54, 1.807) is 43.3 Å². The van der Waals surface area contributed by atoms with Crippen LogP contribution < -0.4 is 20.3 Å². The molecule has 0 fully saturated rings. The van der Waals surface area contributed by atoms with Crippen LogP contribution in [0.1, 0.15) is 18.1 Å². The zero-order valence-corrected chi connectivity index (χ0v) is 15.6. The van der Waals surface area contributed by atoms with Crippen molar-refractivity contribution in [2.24, 2.45) is 0 Å². The van der Waals surface area contributed by atoms with Gasteiger partial charge in [0.15, 0.2) is 12.7 Å². The molecular formula is C19H21ClN2O4. The number of halogens is 1. The number of para-hydroxylation sites is 1. The Labute approximate surface area is 157 Å². The lowest BCUT2D eigenvalue weighted by atomic mass is 10.1. The summed E-state index contributed by atoms with van der Waals surface area (Å²) in [6, 6.07) is 12.4. The fourth-order valence-electron chi connectivity index (χ4n) is 2.16. The number of rotatable bonds is 6. The first-order valence-corrected chi connectivity index (χ1v) is 8.44. The smallest absolute Gasteiger partial charge is 0.279 e. The van der Waals surface area contributed by atoms with Gasteiger partial charge in [0.25, 0.3) is 11.8 Å². The van der Waals surface area contributed by atoms with Crippen LogP contribution >= 0.6 is 11.6 Å². The highest BCUT2D eigenvalue weighted by molar-refractivity contribution is 6.32. The molecule has 0 heterocycles. The number of ether oxygens (including phenoxy) is 2. The van der Waals surface area contributed by atoms with E-state index in [9.17, 15) is 9.59 Å². The Hall–Kier alpha value is -2.73. The van der Waals surface area contributed by atoms with Crippen LogP contribution in [0.25, 0.3) is 0 Å². The second kappa shape index (κ2) is 9.10. The first-order valence-electron chi connectivity index (χ1n) is 8.06. The maximum Gasteiger partial charge on any atom is 0.279 e. The van der Waals surface area contributed by atoms with E-state index in [1.807, 2.05) is 19.9 Å². The van der Waals surface area contributed by atoms with Gasteiger partial charge in [-0.25, -0.2) is 0 Å². The Balaban J connectivity index is 1.76. The van der Waals surface area contributed by atoms with Crippen molar-refractivity contribution in [3.63, 3.8) is 0 Å². The Bertz CT molecular complexity index is 757. The molecule has 138 valence electrons. The van der Waals surface area contributed by atoms with Crippen LogP contribution in [0.4, 0.5) is 0 Å². The number of benzene rings is 2. The quantitative estimate of drug-likeness (QED) is 0.760. The molecule has 0 aliphatic rings. The average molecular weight is 377 g/mol. The van der Waals surface area contributed by atoms with Gasteiger partial charge in [0.2, 0.25) is 0 Å². The van der Waals surface area contributed by atoms with Crippen LogP contribution in [0.3, 0.4) is 0 Å². The van der Waals surface area contributed by atoms with Crippen LogP contribution in [0.15, 0.2) is 42.5 Å². The first kappa shape index (κ1) is 19.6. The molecule has 2 rings (SSSR count). The van der Waals surface area contributed by atoms with Crippen molar-refractivity contribution in [2.75, 3.05) is 6.61 Å². The van der Waals surface area contributed by atoms with Crippen LogP contribution in [-0.2, 0) is 9.59 Å². The van der Waals surface area contributed by atoms with Crippen molar-refractivity contribution in [1.82, 2.24) is 10.9 Å². The number of carbonyl (C=O) groups excluding carboxylic acids is 2. The summed E-state index contributed by atoms with van der Waals surface area (Å²) in [7, 11) is 0. The van der Waals surface area contributed by atoms with Gasteiger partial charge >= 0.3 is 0 Å². The molecule has 0 bridgehead atoms. The van der Waals surface area contributed by atoms with E-state index in [1.165, 1.54) is 0 Å². The number of nitrogens with one attached hydrogen (secondary N) is 2. The summed E-state index contributed by atoms with van der Waals surface area (Å²) in [5.41, 5.74) is 6.32. The Morgan fingerprint density at radius 3 is 2.27 bits per heavy atom. The lowest BCUT2D eigenvalue weighted by molar-refractivity contribution is -0.133. The summed E-state index contributed by atoms with van der Waals surface area (Å²) in [6.07, 6.45) is -0.764. The van der Waals surface area contributed by atoms with Crippen molar-refractivity contribution >= 4 is 23.4 Å². The third kappa shape index (κ3) is 5.67. The molecule has 2 amide bonds. The van der Waals surface area contributed by atoms with Gasteiger partial charge in [-0.1, -0.05) is 29.8 Å². The predicted molar refractivity (Wildman–Crippen MR) is 99.2 cm³/mol. The van der Waals surface area contributed by atoms with Gasteiger partial charge in [0.1, 0.15) is 11.5 Å². The molecule has 0 aliphatic carbocycles. The highest BCUT2D eigenvalue weighted by atomic mass is 35.5. The highest BCUT2D eigenvalue weighted by Gasteiger charge is 2.15. The molecule has 26 heavy (non-hydrogen) atoms. The van der Waals surface area contributed by atoms with Gasteiger partial charge < -0.3 is 9.47 Å². The molecular weight excluding hydrogens is 356 g/mol. The monoisotopic (exact) mass is 376 g/mol. The SMILES string of the molecule is Cc1cc(OCC(=O)NNC(=O)[C@H](C)Oc2ccccc2)cc(C)c1Cl. The molecule has 0 radical (unpaired) electrons. The van der Waals surface area contributed by atoms with E-state index >= 15 is 0 Å². The molecule has 2 aromatic rings. The summed E-state index contributed by atoms with van der Waals surface area (Å²) in [6.45, 7) is 5.06. The van der Waals surface area contributed by atoms with E-state index in [0.29, 0.717) is 16.5 Å². The zero-order valence-electron chi connectivity index (χ0n) is 14.8. The summed E-state index contributed by atoms with van der Waals surface area (Å²) >= 11 is 6.09. The minimum Gasteiger partial charge on any atom is -0.484 e. The second-order valence-corrected chi connectivity index (χ2v) is 6.15. The largest absolute Gasteiger partial charge is 0.484 e. The molecule has 0 saturated heterocycles. The number of hydrogen-bond acceptors (Lipinski definition) is 4. The van der Waals surface area contributed by atoms with Crippen molar-refractivity contribution in [3.8, 4) is 11.5 Å². The van der Waals surface area contributed by atoms with Gasteiger partial charge in [0, 0.05) is 5.02 Å². The molecule has 2 N–H and O–H groups in total. The third-order valence-electron chi connectivity index (χ3n) is 3.53. The number of hydrogen-bond donors (Lipinski definition) is 2. The van der Waals surface area contributed by atoms with E-state index in [-0.39, 0.29) is 6.61 Å². The summed E-state index contributed by atoms with van der Waals surface area (Å²) in [5, 5.41) is 0.668. The average Bonchev–Trinajstić information content (AvgIpc) is 2.63. The van der Waals surface area contributed by atoms with E-state index < -0.39 is 17.9 Å². The van der Waals surface area contributed by atoms with E-state index in [2.05, 4.69) is 10.9 Å². The predicted octanol–water partition coefficient (Wildman–Crippen LogP) is 2.95. The summed E-state index contributed by atoms with van der Waals surface area (Å²) < 4.78 is 10.9. The van der Waals surface area contributed by atoms with Crippen LogP contribution in [-0.4, -0.2) is 24.5 Å². The summed E-state index contributed by atoms with van der Waals surface area (Å²) in [4.78, 5) is 23.8. The van der Waals surface area contributed by atoms with E-state index in [4.69, 9.17) is 21.1 Å². The Morgan fingerprint density at radius 1 is 1.04 bits per heavy atom. The Morgan fingerprint density at radius 2 is 1.65 bits per heavy atom. The number of hydrazine groups is 1. The fraction of sp³-hybridized carbons (Fsp3) is 0.263. The molecule has 0 saturated carbocycles. The molecule has 7 heteroatoms. The van der Waals surface area contributed by atoms with Gasteiger partial charge in [0.05, 0.1) is 0 Å². The minimum atomic E-state index is -0.764. The van der Waals surface area contributed by atoms with Crippen molar-refractivity contribution in [3.05, 3.63) is 58.6 Å². The zero-order chi connectivity index (χ0) is 19.1. The topological polar surface area (TPSA) is 76.7 Å². The van der Waals surface area contributed by atoms with Gasteiger partial charge in [-0.15, -0.1) is 0 Å². The first-order chi connectivity index (χ1) is 12.4. The normalized spacial score (nSPS) is 11.4. The van der Waals surface area contributed by atoms with Crippen LogP contribution in [0, 0.1) is 13.8 Å². The van der Waals surface area contributed by atoms with Gasteiger partial charge in [-0.3, -0.25) is 20.4 Å². The molecule has 6 nitrogen and oxygen atoms in total. The lowest BCUT2D eigenvalue weighted by Crippen LogP contribution is -2.48. The molecule has 2 aromatic carbocycles. The third-order valence-corrected chi connectivity index (χ3v) is 4.13. The lowest BCUT2D eigenvalue weighted by Gasteiger charge is -2.15. The highest BCUT2D eigenvalue weighted by Crippen LogP contribution is 2.25. The number of aryl methyl sites for hydroxylation is 2. The summed E-state index contributed by atoms with van der Waals surface area (Å²) in [5.74, 6) is 0.140. The van der Waals surface area contributed by atoms with Crippen LogP contribution in [0.5, 0.6) is 11.5 Å². The van der Waals surface area contributed by atoms with Crippen LogP contribution in [0.2, 0.25) is 5.02 Å². The number of amides is 2. The fourth-order valence-corrected chi connectivity index (χ4v) is 2.27. The van der Waals surface area contributed by atoms with Gasteiger partial charge in [-0.05, 0) is 56.2 Å². The standard InChI is InChI=1S/C19H21ClN2O4/c1-12-9-16(10-13(2)18(12)20)25-11-17(23)21-22-19(24)14(3)26-15-7-5-4-6-8-15/h4-10,14H,11H2,1-3H3,(H,21,23)(H,22,24)/t14-/m0/s1. The van der Waals surface area contributed by atoms with E-state index in [0.717, 1.165) is 11.1 Å². The second-order valence-electron chi connectivity index (χ2n) is 5.77. The maximum absolute atomic E-state index is 11.9. The minimum absolute atomic E-state index is 0.241. The maximum atomic E-state index is 11.9. The molecule has 0 unspecified atom stereocenters. The molecule has 0 aliphatic heterocycles. The Kier molecular flexibility index (Phi) is 6.86. The molecule has 1 atom stereocenters. The van der Waals surface area contributed by atoms with Crippen molar-refractivity contribution in [2.45, 2.75) is 26.9 Å².